The van der Waals surface area contributed by atoms with Crippen molar-refractivity contribution >= 4 is 23.0 Å². The quantitative estimate of drug-likeness (QED) is 0.768. The number of carbonyl (C=O) groups excluding carboxylic acids is 2. The Balaban J connectivity index is 2.39. The summed E-state index contributed by atoms with van der Waals surface area (Å²) in [4.78, 5) is 27.9. The van der Waals surface area contributed by atoms with Crippen molar-refractivity contribution in [1.29, 1.82) is 0 Å². The Morgan fingerprint density at radius 3 is 2.81 bits per heavy atom. The molecule has 2 rings (SSSR count). The van der Waals surface area contributed by atoms with Gasteiger partial charge in [-0.2, -0.15) is 0 Å². The topological polar surface area (TPSA) is 115 Å². The van der Waals surface area contributed by atoms with E-state index in [1.54, 1.807) is 19.9 Å². The van der Waals surface area contributed by atoms with E-state index in [9.17, 15) is 9.59 Å². The fraction of sp³-hybridized carbons (Fsp3) is 0.385. The van der Waals surface area contributed by atoms with E-state index >= 15 is 0 Å². The van der Waals surface area contributed by atoms with Crippen molar-refractivity contribution in [2.75, 3.05) is 13.7 Å². The molecular weight excluding hydrogens is 278 g/mol. The van der Waals surface area contributed by atoms with Gasteiger partial charge < -0.3 is 19.7 Å². The second kappa shape index (κ2) is 5.88. The monoisotopic (exact) mass is 293 g/mol. The number of carbonyl (C=O) groups is 2. The summed E-state index contributed by atoms with van der Waals surface area (Å²) in [5.74, 6) is -1.27. The number of aliphatic hydroxyl groups excluding tert-OH is 1. The predicted octanol–water partition coefficient (Wildman–Crippen LogP) is 0.103. The number of hydrogen-bond acceptors (Lipinski definition) is 7. The molecule has 0 spiro atoms. The standard InChI is InChI=1S/C13H15N3O5/c1-6-4-8(10-7(2)16-21-12(10)14-6)11(18)15-9(5-17)13(19)20-3/h4,9,17H,5H2,1-3H3,(H,15,18). The number of fused-ring (bicyclic) bond motifs is 1. The lowest BCUT2D eigenvalue weighted by Crippen LogP contribution is -2.44. The van der Waals surface area contributed by atoms with Crippen LogP contribution in [-0.4, -0.2) is 46.9 Å². The van der Waals surface area contributed by atoms with Crippen molar-refractivity contribution < 1.29 is 24.0 Å². The molecule has 2 N–H and O–H groups in total. The van der Waals surface area contributed by atoms with Gasteiger partial charge in [0.25, 0.3) is 11.6 Å². The van der Waals surface area contributed by atoms with Crippen LogP contribution in [0.5, 0.6) is 0 Å². The maximum Gasteiger partial charge on any atom is 0.330 e. The van der Waals surface area contributed by atoms with Crippen LogP contribution < -0.4 is 5.32 Å². The van der Waals surface area contributed by atoms with Crippen molar-refractivity contribution in [2.45, 2.75) is 19.9 Å². The maximum absolute atomic E-state index is 12.3. The highest BCUT2D eigenvalue weighted by molar-refractivity contribution is 6.07. The summed E-state index contributed by atoms with van der Waals surface area (Å²) >= 11 is 0. The van der Waals surface area contributed by atoms with E-state index in [1.807, 2.05) is 0 Å². The van der Waals surface area contributed by atoms with Gasteiger partial charge in [-0.05, 0) is 19.9 Å². The minimum absolute atomic E-state index is 0.247. The molecule has 8 nitrogen and oxygen atoms in total. The van der Waals surface area contributed by atoms with Crippen molar-refractivity contribution in [3.8, 4) is 0 Å². The number of esters is 1. The number of ether oxygens (including phenoxy) is 1. The lowest BCUT2D eigenvalue weighted by atomic mass is 10.1. The molecule has 2 aromatic heterocycles. The minimum Gasteiger partial charge on any atom is -0.467 e. The zero-order valence-corrected chi connectivity index (χ0v) is 11.8. The number of amides is 1. The summed E-state index contributed by atoms with van der Waals surface area (Å²) in [7, 11) is 1.18. The number of nitrogens with one attached hydrogen (secondary N) is 1. The zero-order valence-electron chi connectivity index (χ0n) is 11.8. The Morgan fingerprint density at radius 1 is 1.48 bits per heavy atom. The van der Waals surface area contributed by atoms with E-state index in [1.165, 1.54) is 7.11 Å². The molecule has 0 aliphatic heterocycles. The van der Waals surface area contributed by atoms with Crippen LogP contribution in [0.4, 0.5) is 0 Å². The number of methoxy groups -OCH3 is 1. The normalized spacial score (nSPS) is 12.2. The molecule has 0 fully saturated rings. The highest BCUT2D eigenvalue weighted by atomic mass is 16.5. The Hall–Kier alpha value is -2.48. The van der Waals surface area contributed by atoms with Crippen LogP contribution in [-0.2, 0) is 9.53 Å². The van der Waals surface area contributed by atoms with Gasteiger partial charge in [0, 0.05) is 5.69 Å². The van der Waals surface area contributed by atoms with E-state index in [-0.39, 0.29) is 11.3 Å². The molecule has 21 heavy (non-hydrogen) atoms. The van der Waals surface area contributed by atoms with Gasteiger partial charge in [-0.25, -0.2) is 9.78 Å². The number of aromatic nitrogens is 2. The predicted molar refractivity (Wildman–Crippen MR) is 71.6 cm³/mol. The van der Waals surface area contributed by atoms with Gasteiger partial charge >= 0.3 is 5.97 Å². The molecule has 112 valence electrons. The van der Waals surface area contributed by atoms with E-state index in [0.717, 1.165) is 0 Å². The average Bonchev–Trinajstić information content (AvgIpc) is 2.84. The van der Waals surface area contributed by atoms with E-state index in [4.69, 9.17) is 9.63 Å². The van der Waals surface area contributed by atoms with Gasteiger partial charge in [-0.15, -0.1) is 0 Å². The molecule has 1 amide bonds. The molecule has 0 aromatic carbocycles. The highest BCUT2D eigenvalue weighted by Crippen LogP contribution is 2.21. The van der Waals surface area contributed by atoms with Crippen LogP contribution in [0.15, 0.2) is 10.6 Å². The van der Waals surface area contributed by atoms with Gasteiger partial charge in [-0.3, -0.25) is 4.79 Å². The molecule has 2 heterocycles. The number of aryl methyl sites for hydroxylation is 2. The minimum atomic E-state index is -1.13. The molecular formula is C13H15N3O5. The van der Waals surface area contributed by atoms with Crippen molar-refractivity contribution in [2.24, 2.45) is 0 Å². The summed E-state index contributed by atoms with van der Waals surface area (Å²) in [6, 6.07) is 0.430. The first-order chi connectivity index (χ1) is 9.97. The number of nitrogens with zero attached hydrogens (tertiary/aromatic N) is 2. The third-order valence-corrected chi connectivity index (χ3v) is 2.96. The van der Waals surface area contributed by atoms with Gasteiger partial charge in [0.1, 0.15) is 0 Å². The number of rotatable bonds is 4. The SMILES string of the molecule is COC(=O)C(CO)NC(=O)c1cc(C)nc2onc(C)c12. The van der Waals surface area contributed by atoms with Gasteiger partial charge in [0.2, 0.25) is 0 Å². The summed E-state index contributed by atoms with van der Waals surface area (Å²) in [6.07, 6.45) is 0. The van der Waals surface area contributed by atoms with Crippen LogP contribution in [0.3, 0.4) is 0 Å². The van der Waals surface area contributed by atoms with E-state index < -0.39 is 24.5 Å². The van der Waals surface area contributed by atoms with Gasteiger partial charge in [0.15, 0.2) is 6.04 Å². The number of pyridine rings is 1. The van der Waals surface area contributed by atoms with Crippen LogP contribution in [0, 0.1) is 13.8 Å². The Bertz CT molecular complexity index is 694. The molecule has 0 radical (unpaired) electrons. The van der Waals surface area contributed by atoms with Crippen LogP contribution in [0.2, 0.25) is 0 Å². The summed E-state index contributed by atoms with van der Waals surface area (Å²) in [6.45, 7) is 2.83. The first kappa shape index (κ1) is 14.9. The average molecular weight is 293 g/mol. The highest BCUT2D eigenvalue weighted by Gasteiger charge is 2.24. The second-order valence-electron chi connectivity index (χ2n) is 4.49. The molecule has 1 unspecified atom stereocenters. The van der Waals surface area contributed by atoms with Crippen LogP contribution in [0.1, 0.15) is 21.7 Å². The lowest BCUT2D eigenvalue weighted by molar-refractivity contribution is -0.143. The fourth-order valence-corrected chi connectivity index (χ4v) is 1.95. The Labute approximate surface area is 120 Å². The van der Waals surface area contributed by atoms with Crippen LogP contribution >= 0.6 is 0 Å². The molecule has 2 aromatic rings. The molecule has 0 aliphatic carbocycles. The summed E-state index contributed by atoms with van der Waals surface area (Å²) in [5, 5.41) is 15.8. The summed E-state index contributed by atoms with van der Waals surface area (Å²) in [5.41, 5.74) is 1.61. The number of aliphatic hydroxyl groups is 1. The Kier molecular flexibility index (Phi) is 4.18. The first-order valence-corrected chi connectivity index (χ1v) is 6.21. The smallest absolute Gasteiger partial charge is 0.330 e. The number of hydrogen-bond donors (Lipinski definition) is 2. The van der Waals surface area contributed by atoms with Crippen molar-refractivity contribution in [3.63, 3.8) is 0 Å². The molecule has 0 aliphatic rings. The fourth-order valence-electron chi connectivity index (χ4n) is 1.95. The largest absolute Gasteiger partial charge is 0.467 e. The van der Waals surface area contributed by atoms with E-state index in [2.05, 4.69) is 20.2 Å². The van der Waals surface area contributed by atoms with Crippen molar-refractivity contribution in [1.82, 2.24) is 15.5 Å². The second-order valence-corrected chi connectivity index (χ2v) is 4.49. The molecule has 1 atom stereocenters. The third-order valence-electron chi connectivity index (χ3n) is 2.96. The molecule has 0 bridgehead atoms. The first-order valence-electron chi connectivity index (χ1n) is 6.21. The molecule has 8 heteroatoms. The molecule has 0 saturated carbocycles. The van der Waals surface area contributed by atoms with Crippen LogP contribution in [0.25, 0.3) is 11.1 Å². The van der Waals surface area contributed by atoms with E-state index in [0.29, 0.717) is 16.8 Å². The Morgan fingerprint density at radius 2 is 2.19 bits per heavy atom. The summed E-state index contributed by atoms with van der Waals surface area (Å²) < 4.78 is 9.54. The van der Waals surface area contributed by atoms with Gasteiger partial charge in [0.05, 0.1) is 30.4 Å². The zero-order chi connectivity index (χ0) is 15.6. The maximum atomic E-state index is 12.3. The van der Waals surface area contributed by atoms with Crippen molar-refractivity contribution in [3.05, 3.63) is 23.0 Å². The molecule has 0 saturated heterocycles. The third kappa shape index (κ3) is 2.84. The lowest BCUT2D eigenvalue weighted by Gasteiger charge is -2.14. The van der Waals surface area contributed by atoms with Gasteiger partial charge in [-0.1, -0.05) is 5.16 Å².